The molecule has 0 unspecified atom stereocenters. The Labute approximate surface area is 106 Å². The molecule has 1 aromatic carbocycles. The number of anilines is 1. The van der Waals surface area contributed by atoms with Crippen LogP contribution in [-0.2, 0) is 4.79 Å². The zero-order valence-electron chi connectivity index (χ0n) is 10.1. The summed E-state index contributed by atoms with van der Waals surface area (Å²) in [5, 5.41) is 0.159. The highest BCUT2D eigenvalue weighted by Gasteiger charge is 1.98. The average Bonchev–Trinajstić information content (AvgIpc) is 2.28. The predicted molar refractivity (Wildman–Crippen MR) is 74.2 cm³/mol. The maximum atomic E-state index is 10.7. The van der Waals surface area contributed by atoms with Crippen LogP contribution in [0.2, 0.25) is 0 Å². The molecule has 0 heterocycles. The minimum absolute atomic E-state index is 0.159. The van der Waals surface area contributed by atoms with E-state index in [0.29, 0.717) is 11.4 Å². The summed E-state index contributed by atoms with van der Waals surface area (Å²) < 4.78 is 5.08. The number of nitrogen functional groups attached to an aromatic ring is 1. The molecule has 4 heteroatoms. The monoisotopic (exact) mass is 251 g/mol. The molecule has 0 amide bonds. The molecule has 0 atom stereocenters. The molecule has 0 aliphatic rings. The third kappa shape index (κ3) is 4.95. The SMILES string of the molecule is COc1ccc(C=CCCSC(C)=O)cc1N. The number of carbonyl (C=O) groups excluding carboxylic acids is 1. The van der Waals surface area contributed by atoms with Gasteiger partial charge in [-0.25, -0.2) is 0 Å². The summed E-state index contributed by atoms with van der Waals surface area (Å²) in [6, 6.07) is 5.66. The van der Waals surface area contributed by atoms with Crippen molar-refractivity contribution in [2.75, 3.05) is 18.6 Å². The third-order valence-electron chi connectivity index (χ3n) is 2.15. The molecule has 0 radical (unpaired) electrons. The number of nitrogens with two attached hydrogens (primary N) is 1. The fraction of sp³-hybridized carbons (Fsp3) is 0.308. The average molecular weight is 251 g/mol. The van der Waals surface area contributed by atoms with Gasteiger partial charge in [0.15, 0.2) is 5.12 Å². The van der Waals surface area contributed by atoms with E-state index in [-0.39, 0.29) is 5.12 Å². The minimum atomic E-state index is 0.159. The Bertz CT molecular complexity index is 416. The maximum absolute atomic E-state index is 10.7. The lowest BCUT2D eigenvalue weighted by Crippen LogP contribution is -1.92. The highest BCUT2D eigenvalue weighted by Crippen LogP contribution is 2.22. The topological polar surface area (TPSA) is 52.3 Å². The summed E-state index contributed by atoms with van der Waals surface area (Å²) in [5.74, 6) is 1.51. The van der Waals surface area contributed by atoms with Crippen molar-refractivity contribution in [2.24, 2.45) is 0 Å². The highest BCUT2D eigenvalue weighted by molar-refractivity contribution is 8.13. The molecule has 1 rings (SSSR count). The van der Waals surface area contributed by atoms with Crippen molar-refractivity contribution in [2.45, 2.75) is 13.3 Å². The van der Waals surface area contributed by atoms with Crippen molar-refractivity contribution >= 4 is 28.6 Å². The Morgan fingerprint density at radius 1 is 1.53 bits per heavy atom. The second-order valence-electron chi connectivity index (χ2n) is 3.53. The number of hydrogen-bond acceptors (Lipinski definition) is 4. The normalized spacial score (nSPS) is 10.7. The first-order valence-corrected chi connectivity index (χ1v) is 6.35. The fourth-order valence-electron chi connectivity index (χ4n) is 1.35. The van der Waals surface area contributed by atoms with Crippen LogP contribution < -0.4 is 10.5 Å². The molecule has 2 N–H and O–H groups in total. The maximum Gasteiger partial charge on any atom is 0.185 e. The summed E-state index contributed by atoms with van der Waals surface area (Å²) in [6.45, 7) is 1.58. The molecule has 3 nitrogen and oxygen atoms in total. The zero-order chi connectivity index (χ0) is 12.7. The number of allylic oxidation sites excluding steroid dienone is 1. The lowest BCUT2D eigenvalue weighted by atomic mass is 10.1. The van der Waals surface area contributed by atoms with E-state index in [9.17, 15) is 4.79 Å². The van der Waals surface area contributed by atoms with Crippen LogP contribution in [0.1, 0.15) is 18.9 Å². The number of thioether (sulfide) groups is 1. The number of rotatable bonds is 5. The Kier molecular flexibility index (Phi) is 5.63. The highest BCUT2D eigenvalue weighted by atomic mass is 32.2. The molecule has 0 saturated heterocycles. The standard InChI is InChI=1S/C13H17NO2S/c1-10(15)17-8-4-3-5-11-6-7-13(16-2)12(14)9-11/h3,5-7,9H,4,8,14H2,1-2H3. The lowest BCUT2D eigenvalue weighted by molar-refractivity contribution is -0.109. The van der Waals surface area contributed by atoms with E-state index in [1.54, 1.807) is 14.0 Å². The molecular weight excluding hydrogens is 234 g/mol. The smallest absolute Gasteiger partial charge is 0.185 e. The predicted octanol–water partition coefficient (Wildman–Crippen LogP) is 2.96. The van der Waals surface area contributed by atoms with Crippen molar-refractivity contribution in [3.05, 3.63) is 29.8 Å². The molecule has 0 saturated carbocycles. The van der Waals surface area contributed by atoms with Gasteiger partial charge in [-0.2, -0.15) is 0 Å². The van der Waals surface area contributed by atoms with Crippen LogP contribution in [0.3, 0.4) is 0 Å². The van der Waals surface area contributed by atoms with Crippen LogP contribution in [0.15, 0.2) is 24.3 Å². The quantitative estimate of drug-likeness (QED) is 0.645. The van der Waals surface area contributed by atoms with Crippen LogP contribution >= 0.6 is 11.8 Å². The Morgan fingerprint density at radius 2 is 2.29 bits per heavy atom. The van der Waals surface area contributed by atoms with Crippen LogP contribution in [0.5, 0.6) is 5.75 Å². The third-order valence-corrected chi connectivity index (χ3v) is 3.00. The van der Waals surface area contributed by atoms with E-state index in [0.717, 1.165) is 17.7 Å². The van der Waals surface area contributed by atoms with Crippen molar-refractivity contribution in [1.82, 2.24) is 0 Å². The summed E-state index contributed by atoms with van der Waals surface area (Å²) in [4.78, 5) is 10.7. The van der Waals surface area contributed by atoms with Gasteiger partial charge in [0.1, 0.15) is 5.75 Å². The van der Waals surface area contributed by atoms with Crippen molar-refractivity contribution < 1.29 is 9.53 Å². The van der Waals surface area contributed by atoms with Crippen molar-refractivity contribution in [3.63, 3.8) is 0 Å². The first-order chi connectivity index (χ1) is 8.13. The van der Waals surface area contributed by atoms with Gasteiger partial charge in [-0.3, -0.25) is 4.79 Å². The van der Waals surface area contributed by atoms with Gasteiger partial charge in [0.25, 0.3) is 0 Å². The van der Waals surface area contributed by atoms with Gasteiger partial charge >= 0.3 is 0 Å². The van der Waals surface area contributed by atoms with Gasteiger partial charge in [0.05, 0.1) is 12.8 Å². The van der Waals surface area contributed by atoms with Gasteiger partial charge in [0.2, 0.25) is 0 Å². The second kappa shape index (κ2) is 7.01. The minimum Gasteiger partial charge on any atom is -0.495 e. The van der Waals surface area contributed by atoms with E-state index in [1.165, 1.54) is 11.8 Å². The first-order valence-electron chi connectivity index (χ1n) is 5.37. The molecule has 0 fully saturated rings. The van der Waals surface area contributed by atoms with E-state index in [4.69, 9.17) is 10.5 Å². The van der Waals surface area contributed by atoms with E-state index in [1.807, 2.05) is 30.4 Å². The van der Waals surface area contributed by atoms with Crippen molar-refractivity contribution in [1.29, 1.82) is 0 Å². The Balaban J connectivity index is 2.48. The first kappa shape index (κ1) is 13.6. The summed E-state index contributed by atoms with van der Waals surface area (Å²) in [7, 11) is 1.60. The molecule has 92 valence electrons. The molecule has 17 heavy (non-hydrogen) atoms. The number of ether oxygens (including phenoxy) is 1. The van der Waals surface area contributed by atoms with Gasteiger partial charge in [-0.15, -0.1) is 0 Å². The summed E-state index contributed by atoms with van der Waals surface area (Å²) in [5.41, 5.74) is 7.46. The largest absolute Gasteiger partial charge is 0.495 e. The van der Waals surface area contributed by atoms with E-state index in [2.05, 4.69) is 0 Å². The molecule has 0 spiro atoms. The molecule has 1 aromatic rings. The number of hydrogen-bond donors (Lipinski definition) is 1. The van der Waals surface area contributed by atoms with Crippen LogP contribution in [0.4, 0.5) is 5.69 Å². The van der Waals surface area contributed by atoms with Gasteiger partial charge in [-0.1, -0.05) is 30.0 Å². The number of carbonyl (C=O) groups is 1. The number of methoxy groups -OCH3 is 1. The van der Waals surface area contributed by atoms with Crippen LogP contribution in [-0.4, -0.2) is 18.0 Å². The van der Waals surface area contributed by atoms with Crippen LogP contribution in [0, 0.1) is 0 Å². The molecular formula is C13H17NO2S. The van der Waals surface area contributed by atoms with Gasteiger partial charge < -0.3 is 10.5 Å². The van der Waals surface area contributed by atoms with Gasteiger partial charge in [0, 0.05) is 12.7 Å². The summed E-state index contributed by atoms with van der Waals surface area (Å²) in [6.07, 6.45) is 4.91. The lowest BCUT2D eigenvalue weighted by Gasteiger charge is -2.04. The fourth-order valence-corrected chi connectivity index (χ4v) is 1.89. The second-order valence-corrected chi connectivity index (χ2v) is 4.80. The van der Waals surface area contributed by atoms with E-state index < -0.39 is 0 Å². The zero-order valence-corrected chi connectivity index (χ0v) is 10.9. The Morgan fingerprint density at radius 3 is 2.88 bits per heavy atom. The molecule has 0 aliphatic heterocycles. The van der Waals surface area contributed by atoms with Gasteiger partial charge in [-0.05, 0) is 24.1 Å². The molecule has 0 aliphatic carbocycles. The van der Waals surface area contributed by atoms with Crippen molar-refractivity contribution in [3.8, 4) is 5.75 Å². The van der Waals surface area contributed by atoms with Crippen LogP contribution in [0.25, 0.3) is 6.08 Å². The summed E-state index contributed by atoms with van der Waals surface area (Å²) >= 11 is 1.34. The molecule has 0 bridgehead atoms. The molecule has 0 aromatic heterocycles. The van der Waals surface area contributed by atoms with E-state index >= 15 is 0 Å². The Hall–Kier alpha value is -1.42. The number of benzene rings is 1.